The summed E-state index contributed by atoms with van der Waals surface area (Å²) in [4.78, 5) is 11.3. The van der Waals surface area contributed by atoms with Crippen LogP contribution in [0.4, 0.5) is 18.9 Å². The average Bonchev–Trinajstić information content (AvgIpc) is 3.29. The Morgan fingerprint density at radius 2 is 1.86 bits per heavy atom. The maximum atomic E-state index is 13.2. The summed E-state index contributed by atoms with van der Waals surface area (Å²) in [6.45, 7) is 0. The molecule has 2 bridgehead atoms. The Bertz CT molecular complexity index is 955. The molecule has 0 radical (unpaired) electrons. The number of anilines is 1. The van der Waals surface area contributed by atoms with Crippen molar-refractivity contribution in [3.8, 4) is 0 Å². The summed E-state index contributed by atoms with van der Waals surface area (Å²) in [6.07, 6.45) is -1.14. The van der Waals surface area contributed by atoms with Crippen molar-refractivity contribution in [2.45, 2.75) is 37.4 Å². The normalized spacial score (nSPS) is 30.5. The van der Waals surface area contributed by atoms with E-state index in [2.05, 4.69) is 5.32 Å². The molecule has 0 saturated heterocycles. The fourth-order valence-electron chi connectivity index (χ4n) is 5.85. The van der Waals surface area contributed by atoms with Crippen LogP contribution in [0.15, 0.2) is 42.5 Å². The molecule has 0 spiro atoms. The van der Waals surface area contributed by atoms with Crippen LogP contribution in [0, 0.1) is 17.8 Å². The van der Waals surface area contributed by atoms with Crippen LogP contribution in [0.3, 0.4) is 0 Å². The van der Waals surface area contributed by atoms with Crippen molar-refractivity contribution in [2.24, 2.45) is 17.8 Å². The minimum atomic E-state index is -4.37. The number of alkyl halides is 3. The molecule has 1 heterocycles. The lowest BCUT2D eigenvalue weighted by Crippen LogP contribution is -2.36. The summed E-state index contributed by atoms with van der Waals surface area (Å²) >= 11 is 0. The van der Waals surface area contributed by atoms with E-state index in [-0.39, 0.29) is 23.4 Å². The number of rotatable bonds is 2. The largest absolute Gasteiger partial charge is 0.545 e. The van der Waals surface area contributed by atoms with Gasteiger partial charge in [-0.05, 0) is 83.9 Å². The molecular weight excluding hydrogens is 367 g/mol. The predicted octanol–water partition coefficient (Wildman–Crippen LogP) is 4.37. The minimum absolute atomic E-state index is 0.152. The molecule has 28 heavy (non-hydrogen) atoms. The molecule has 2 fully saturated rings. The van der Waals surface area contributed by atoms with Crippen LogP contribution >= 0.6 is 0 Å². The van der Waals surface area contributed by atoms with Gasteiger partial charge in [-0.25, -0.2) is 0 Å². The highest BCUT2D eigenvalue weighted by Gasteiger charge is 2.54. The number of benzene rings is 2. The SMILES string of the molecule is O=C([O-])c1ccc2c(c1)[C@H]1[C@H]3CC[C@H](C3)[C@@H]1[C@@H](c1cccc(C(F)(F)F)c1)N2. The standard InChI is InChI=1S/C22H20F3NO2/c23-22(24,25)15-3-1-2-13(9-15)20-19-12-5-4-11(8-12)18(19)16-10-14(21(27)28)6-7-17(16)26-20/h1-3,6-7,9-12,18-20,26H,4-5,8H2,(H,27,28)/p-1/t11-,12+,18+,19-,20+/m0/s1. The third kappa shape index (κ3) is 2.61. The first kappa shape index (κ1) is 17.6. The van der Waals surface area contributed by atoms with Crippen molar-refractivity contribution in [1.82, 2.24) is 0 Å². The van der Waals surface area contributed by atoms with Crippen LogP contribution in [0.5, 0.6) is 0 Å². The molecule has 0 aromatic heterocycles. The summed E-state index contributed by atoms with van der Waals surface area (Å²) in [5, 5.41) is 14.8. The molecule has 1 N–H and O–H groups in total. The fraction of sp³-hybridized carbons (Fsp3) is 0.409. The lowest BCUT2D eigenvalue weighted by Gasteiger charge is -2.44. The molecule has 5 atom stereocenters. The fourth-order valence-corrected chi connectivity index (χ4v) is 5.85. The summed E-state index contributed by atoms with van der Waals surface area (Å²) < 4.78 is 39.7. The van der Waals surface area contributed by atoms with E-state index >= 15 is 0 Å². The third-order valence-corrected chi connectivity index (χ3v) is 6.90. The number of halogens is 3. The van der Waals surface area contributed by atoms with Gasteiger partial charge in [-0.2, -0.15) is 13.2 Å². The van der Waals surface area contributed by atoms with E-state index in [0.29, 0.717) is 17.4 Å². The van der Waals surface area contributed by atoms with Crippen molar-refractivity contribution < 1.29 is 23.1 Å². The lowest BCUT2D eigenvalue weighted by atomic mass is 9.68. The second-order valence-corrected chi connectivity index (χ2v) is 8.27. The van der Waals surface area contributed by atoms with Crippen molar-refractivity contribution >= 4 is 11.7 Å². The van der Waals surface area contributed by atoms with Gasteiger partial charge in [0.2, 0.25) is 0 Å². The topological polar surface area (TPSA) is 52.2 Å². The lowest BCUT2D eigenvalue weighted by molar-refractivity contribution is -0.255. The number of carboxylic acids is 1. The van der Waals surface area contributed by atoms with Gasteiger partial charge in [0.05, 0.1) is 17.6 Å². The van der Waals surface area contributed by atoms with Crippen LogP contribution in [-0.4, -0.2) is 5.97 Å². The molecule has 2 saturated carbocycles. The second kappa shape index (κ2) is 6.00. The van der Waals surface area contributed by atoms with Gasteiger partial charge in [0.15, 0.2) is 0 Å². The molecule has 1 aliphatic heterocycles. The highest BCUT2D eigenvalue weighted by atomic mass is 19.4. The smallest absolute Gasteiger partial charge is 0.416 e. The molecule has 0 unspecified atom stereocenters. The number of hydrogen-bond acceptors (Lipinski definition) is 3. The van der Waals surface area contributed by atoms with Gasteiger partial charge in [0.25, 0.3) is 0 Å². The molecule has 6 heteroatoms. The van der Waals surface area contributed by atoms with E-state index in [1.165, 1.54) is 18.2 Å². The molecular formula is C22H19F3NO2-. The zero-order valence-electron chi connectivity index (χ0n) is 15.0. The van der Waals surface area contributed by atoms with Gasteiger partial charge in [0.1, 0.15) is 0 Å². The molecule has 3 aliphatic rings. The van der Waals surface area contributed by atoms with Crippen molar-refractivity contribution in [1.29, 1.82) is 0 Å². The number of fused-ring (bicyclic) bond motifs is 7. The predicted molar refractivity (Wildman–Crippen MR) is 95.6 cm³/mol. The van der Waals surface area contributed by atoms with E-state index < -0.39 is 17.7 Å². The minimum Gasteiger partial charge on any atom is -0.545 e. The first-order valence-electron chi connectivity index (χ1n) is 9.62. The maximum Gasteiger partial charge on any atom is 0.416 e. The van der Waals surface area contributed by atoms with Crippen LogP contribution < -0.4 is 10.4 Å². The number of carbonyl (C=O) groups is 1. The van der Waals surface area contributed by atoms with Crippen molar-refractivity contribution in [2.75, 3.05) is 5.32 Å². The van der Waals surface area contributed by atoms with Crippen LogP contribution in [-0.2, 0) is 6.18 Å². The summed E-state index contributed by atoms with van der Waals surface area (Å²) in [6, 6.07) is 10.3. The molecule has 146 valence electrons. The number of nitrogens with one attached hydrogen (secondary N) is 1. The van der Waals surface area contributed by atoms with Crippen LogP contribution in [0.1, 0.15) is 58.3 Å². The number of carbonyl (C=O) groups excluding carboxylic acids is 1. The molecule has 5 rings (SSSR count). The van der Waals surface area contributed by atoms with E-state index in [1.807, 2.05) is 0 Å². The van der Waals surface area contributed by atoms with Gasteiger partial charge >= 0.3 is 6.18 Å². The van der Waals surface area contributed by atoms with E-state index in [1.54, 1.807) is 18.2 Å². The quantitative estimate of drug-likeness (QED) is 0.834. The Morgan fingerprint density at radius 1 is 1.07 bits per heavy atom. The number of aromatic carboxylic acids is 1. The zero-order valence-corrected chi connectivity index (χ0v) is 15.0. The molecule has 2 aromatic carbocycles. The first-order valence-corrected chi connectivity index (χ1v) is 9.62. The van der Waals surface area contributed by atoms with Crippen LogP contribution in [0.25, 0.3) is 0 Å². The van der Waals surface area contributed by atoms with Crippen molar-refractivity contribution in [3.05, 3.63) is 64.7 Å². The Morgan fingerprint density at radius 3 is 2.61 bits per heavy atom. The van der Waals surface area contributed by atoms with E-state index in [4.69, 9.17) is 0 Å². The average molecular weight is 386 g/mol. The summed E-state index contributed by atoms with van der Waals surface area (Å²) in [7, 11) is 0. The van der Waals surface area contributed by atoms with Gasteiger partial charge in [-0.1, -0.05) is 18.2 Å². The maximum absolute atomic E-state index is 13.2. The number of hydrogen-bond donors (Lipinski definition) is 1. The Hall–Kier alpha value is -2.50. The molecule has 3 nitrogen and oxygen atoms in total. The first-order chi connectivity index (χ1) is 13.3. The highest BCUT2D eigenvalue weighted by Crippen LogP contribution is 2.63. The summed E-state index contributed by atoms with van der Waals surface area (Å²) in [5.41, 5.74) is 1.96. The Kier molecular flexibility index (Phi) is 3.77. The third-order valence-electron chi connectivity index (χ3n) is 6.90. The number of carboxylic acid groups (broad SMARTS) is 1. The Balaban J connectivity index is 1.61. The second-order valence-electron chi connectivity index (χ2n) is 8.27. The van der Waals surface area contributed by atoms with Gasteiger partial charge in [0, 0.05) is 5.69 Å². The van der Waals surface area contributed by atoms with Gasteiger partial charge in [-0.3, -0.25) is 0 Å². The highest BCUT2D eigenvalue weighted by molar-refractivity contribution is 5.87. The van der Waals surface area contributed by atoms with E-state index in [9.17, 15) is 23.1 Å². The van der Waals surface area contributed by atoms with E-state index in [0.717, 1.165) is 36.6 Å². The molecule has 2 aromatic rings. The zero-order chi connectivity index (χ0) is 19.6. The summed E-state index contributed by atoms with van der Waals surface area (Å²) in [5.74, 6) is 0.0473. The van der Waals surface area contributed by atoms with Crippen molar-refractivity contribution in [3.63, 3.8) is 0 Å². The van der Waals surface area contributed by atoms with Gasteiger partial charge < -0.3 is 15.2 Å². The van der Waals surface area contributed by atoms with Crippen LogP contribution in [0.2, 0.25) is 0 Å². The Labute approximate surface area is 160 Å². The van der Waals surface area contributed by atoms with Gasteiger partial charge in [-0.15, -0.1) is 0 Å². The molecule has 2 aliphatic carbocycles. The molecule has 0 amide bonds. The monoisotopic (exact) mass is 386 g/mol.